The van der Waals surface area contributed by atoms with Crippen molar-refractivity contribution in [3.05, 3.63) is 88.2 Å². The maximum Gasteiger partial charge on any atom is 0.426 e. The number of benzene rings is 3. The Morgan fingerprint density at radius 1 is 0.879 bits per heavy atom. The van der Waals surface area contributed by atoms with Crippen LogP contribution >= 0.6 is 0 Å². The van der Waals surface area contributed by atoms with E-state index in [2.05, 4.69) is 19.1 Å². The van der Waals surface area contributed by atoms with E-state index in [9.17, 15) is 13.2 Å². The lowest BCUT2D eigenvalue weighted by Crippen LogP contribution is -2.21. The van der Waals surface area contributed by atoms with Crippen LogP contribution in [-0.2, 0) is 10.8 Å². The van der Waals surface area contributed by atoms with Crippen LogP contribution in [0.4, 0.5) is 13.2 Å². The van der Waals surface area contributed by atoms with E-state index < -0.39 is 11.9 Å². The fraction of sp³-hybridized carbons (Fsp3) is 0.357. The van der Waals surface area contributed by atoms with Gasteiger partial charge in [-0.1, -0.05) is 37.3 Å². The Morgan fingerprint density at radius 3 is 2.12 bits per heavy atom. The van der Waals surface area contributed by atoms with Crippen molar-refractivity contribution in [2.45, 2.75) is 52.7 Å². The summed E-state index contributed by atoms with van der Waals surface area (Å²) in [6, 6.07) is 14.1. The van der Waals surface area contributed by atoms with Crippen molar-refractivity contribution in [2.24, 2.45) is 5.92 Å². The van der Waals surface area contributed by atoms with Crippen molar-refractivity contribution < 1.29 is 22.6 Å². The molecule has 2 atom stereocenters. The van der Waals surface area contributed by atoms with Gasteiger partial charge in [-0.3, -0.25) is 0 Å². The Bertz CT molecular complexity index is 1110. The van der Waals surface area contributed by atoms with Crippen molar-refractivity contribution in [2.75, 3.05) is 6.61 Å². The lowest BCUT2D eigenvalue weighted by Gasteiger charge is -2.28. The van der Waals surface area contributed by atoms with Crippen LogP contribution in [0, 0.1) is 32.5 Å². The van der Waals surface area contributed by atoms with Crippen molar-refractivity contribution in [3.8, 4) is 16.9 Å². The molecule has 2 nitrogen and oxygen atoms in total. The van der Waals surface area contributed by atoms with Crippen molar-refractivity contribution >= 4 is 0 Å². The number of hydrogen-bond acceptors (Lipinski definition) is 2. The smallest absolute Gasteiger partial charge is 0.426 e. The molecular weight excluding hydrogens is 425 g/mol. The molecule has 0 aliphatic carbocycles. The summed E-state index contributed by atoms with van der Waals surface area (Å²) in [5.41, 5.74) is 5.30. The molecule has 0 bridgehead atoms. The number of ether oxygens (including phenoxy) is 2. The molecule has 1 aliphatic rings. The van der Waals surface area contributed by atoms with Crippen molar-refractivity contribution in [1.82, 2.24) is 0 Å². The van der Waals surface area contributed by atoms with Crippen LogP contribution in [0.3, 0.4) is 0 Å². The molecule has 3 aromatic rings. The summed E-state index contributed by atoms with van der Waals surface area (Å²) in [6.07, 6.45) is -1.31. The maximum atomic E-state index is 14.7. The van der Waals surface area contributed by atoms with Crippen LogP contribution in [0.15, 0.2) is 54.6 Å². The van der Waals surface area contributed by atoms with E-state index in [0.29, 0.717) is 11.5 Å². The summed E-state index contributed by atoms with van der Waals surface area (Å²) in [4.78, 5) is 0. The fourth-order valence-electron chi connectivity index (χ4n) is 4.46. The molecule has 1 aliphatic heterocycles. The van der Waals surface area contributed by atoms with E-state index in [1.807, 2.05) is 13.8 Å². The van der Waals surface area contributed by atoms with Crippen LogP contribution in [0.1, 0.15) is 53.7 Å². The zero-order chi connectivity index (χ0) is 23.8. The molecule has 2 unspecified atom stereocenters. The lowest BCUT2D eigenvalue weighted by molar-refractivity contribution is -0.185. The Kier molecular flexibility index (Phi) is 6.53. The van der Waals surface area contributed by atoms with Gasteiger partial charge in [0.25, 0.3) is 0 Å². The Labute approximate surface area is 193 Å². The fourth-order valence-corrected chi connectivity index (χ4v) is 4.46. The highest BCUT2D eigenvalue weighted by atomic mass is 19.3. The molecule has 1 saturated heterocycles. The van der Waals surface area contributed by atoms with Gasteiger partial charge in [-0.15, -0.1) is 0 Å². The summed E-state index contributed by atoms with van der Waals surface area (Å²) in [5.74, 6) is -0.205. The van der Waals surface area contributed by atoms with Crippen molar-refractivity contribution in [3.63, 3.8) is 0 Å². The summed E-state index contributed by atoms with van der Waals surface area (Å²) < 4.78 is 53.9. The van der Waals surface area contributed by atoms with E-state index in [-0.39, 0.29) is 17.4 Å². The molecule has 0 radical (unpaired) electrons. The summed E-state index contributed by atoms with van der Waals surface area (Å²) in [6.45, 7) is 8.61. The number of alkyl halides is 2. The highest BCUT2D eigenvalue weighted by molar-refractivity contribution is 5.71. The molecule has 0 aromatic heterocycles. The van der Waals surface area contributed by atoms with Gasteiger partial charge in [-0.2, -0.15) is 8.78 Å². The predicted molar refractivity (Wildman–Crippen MR) is 124 cm³/mol. The number of halogens is 3. The highest BCUT2D eigenvalue weighted by Gasteiger charge is 2.34. The van der Waals surface area contributed by atoms with E-state index in [0.717, 1.165) is 47.8 Å². The first-order valence-electron chi connectivity index (χ1n) is 11.3. The molecular formula is C28H29F3O2. The van der Waals surface area contributed by atoms with Gasteiger partial charge in [0, 0.05) is 12.7 Å². The molecule has 5 heteroatoms. The molecule has 174 valence electrons. The van der Waals surface area contributed by atoms with Crippen LogP contribution < -0.4 is 4.74 Å². The monoisotopic (exact) mass is 454 g/mol. The maximum absolute atomic E-state index is 14.7. The predicted octanol–water partition coefficient (Wildman–Crippen LogP) is 8.03. The topological polar surface area (TPSA) is 18.5 Å². The van der Waals surface area contributed by atoms with Crippen molar-refractivity contribution in [1.29, 1.82) is 0 Å². The SMILES string of the molecule is Cc1ccc(OC(F)(F)c2ccc(-c3c(C)cc(C4CCC(C)CO4)cc3C)cc2)cc1F. The first-order valence-corrected chi connectivity index (χ1v) is 11.3. The van der Waals surface area contributed by atoms with Gasteiger partial charge in [0.15, 0.2) is 0 Å². The van der Waals surface area contributed by atoms with Crippen LogP contribution in [0.5, 0.6) is 5.75 Å². The normalized spacial score (nSPS) is 18.9. The molecule has 4 rings (SSSR count). The van der Waals surface area contributed by atoms with E-state index in [1.54, 1.807) is 19.1 Å². The van der Waals surface area contributed by atoms with Gasteiger partial charge in [-0.05, 0) is 91.1 Å². The van der Waals surface area contributed by atoms with Crippen LogP contribution in [-0.4, -0.2) is 6.61 Å². The minimum absolute atomic E-state index is 0.109. The first kappa shape index (κ1) is 23.4. The third kappa shape index (κ3) is 5.09. The Balaban J connectivity index is 1.55. The molecule has 0 amide bonds. The van der Waals surface area contributed by atoms with Gasteiger partial charge < -0.3 is 9.47 Å². The average Bonchev–Trinajstić information content (AvgIpc) is 2.76. The number of hydrogen-bond donors (Lipinski definition) is 0. The quantitative estimate of drug-likeness (QED) is 0.388. The molecule has 0 spiro atoms. The molecule has 3 aromatic carbocycles. The standard InChI is InChI=1S/C28H29F3O2/c1-17-5-12-26(32-16-17)22-13-19(3)27(20(4)14-22)21-7-9-23(10-8-21)28(30,31)33-24-11-6-18(2)25(29)15-24/h6-11,13-15,17,26H,5,12,16H2,1-4H3. The summed E-state index contributed by atoms with van der Waals surface area (Å²) >= 11 is 0. The zero-order valence-electron chi connectivity index (χ0n) is 19.4. The van der Waals surface area contributed by atoms with Gasteiger partial charge in [0.1, 0.15) is 11.6 Å². The van der Waals surface area contributed by atoms with Gasteiger partial charge in [0.05, 0.1) is 11.7 Å². The summed E-state index contributed by atoms with van der Waals surface area (Å²) in [7, 11) is 0. The Hall–Kier alpha value is -2.79. The van der Waals surface area contributed by atoms with Gasteiger partial charge in [0.2, 0.25) is 0 Å². The minimum Gasteiger partial charge on any atom is -0.429 e. The Morgan fingerprint density at radius 2 is 1.55 bits per heavy atom. The van der Waals surface area contributed by atoms with E-state index >= 15 is 0 Å². The lowest BCUT2D eigenvalue weighted by atomic mass is 9.89. The number of aryl methyl sites for hydroxylation is 3. The van der Waals surface area contributed by atoms with Crippen LogP contribution in [0.2, 0.25) is 0 Å². The van der Waals surface area contributed by atoms with Gasteiger partial charge >= 0.3 is 6.11 Å². The minimum atomic E-state index is -3.58. The van der Waals surface area contributed by atoms with E-state index in [1.165, 1.54) is 29.8 Å². The van der Waals surface area contributed by atoms with Gasteiger partial charge in [-0.25, -0.2) is 4.39 Å². The molecule has 1 heterocycles. The second-order valence-electron chi connectivity index (χ2n) is 9.14. The highest BCUT2D eigenvalue weighted by Crippen LogP contribution is 2.37. The number of rotatable bonds is 5. The molecule has 33 heavy (non-hydrogen) atoms. The zero-order valence-corrected chi connectivity index (χ0v) is 19.4. The largest absolute Gasteiger partial charge is 0.429 e. The van der Waals surface area contributed by atoms with E-state index in [4.69, 9.17) is 9.47 Å². The second-order valence-corrected chi connectivity index (χ2v) is 9.14. The summed E-state index contributed by atoms with van der Waals surface area (Å²) in [5, 5.41) is 0. The second kappa shape index (κ2) is 9.22. The first-order chi connectivity index (χ1) is 15.6. The molecule has 0 N–H and O–H groups in total. The molecule has 1 fully saturated rings. The third-order valence-electron chi connectivity index (χ3n) is 6.33. The molecule has 0 saturated carbocycles. The third-order valence-corrected chi connectivity index (χ3v) is 6.33. The average molecular weight is 455 g/mol. The van der Waals surface area contributed by atoms with Crippen LogP contribution in [0.25, 0.3) is 11.1 Å².